The van der Waals surface area contributed by atoms with Gasteiger partial charge in [-0.05, 0) is 37.1 Å². The van der Waals surface area contributed by atoms with Crippen LogP contribution in [0.1, 0.15) is 39.3 Å². The van der Waals surface area contributed by atoms with Crippen LogP contribution in [0.5, 0.6) is 5.75 Å². The normalized spacial score (nSPS) is 22.3. The van der Waals surface area contributed by atoms with E-state index in [0.717, 1.165) is 23.4 Å². The molecule has 0 unspecified atom stereocenters. The van der Waals surface area contributed by atoms with E-state index >= 15 is 0 Å². The van der Waals surface area contributed by atoms with Gasteiger partial charge in [0.1, 0.15) is 11.9 Å². The minimum Gasteiger partial charge on any atom is -0.497 e. The molecule has 3 rings (SSSR count). The number of nitrogens with zero attached hydrogens (tertiary/aromatic N) is 1. The lowest BCUT2D eigenvalue weighted by atomic mass is 9.95. The summed E-state index contributed by atoms with van der Waals surface area (Å²) >= 11 is 0. The summed E-state index contributed by atoms with van der Waals surface area (Å²) in [5.74, 6) is 1.41. The lowest BCUT2D eigenvalue weighted by Gasteiger charge is -2.34. The van der Waals surface area contributed by atoms with E-state index in [4.69, 9.17) is 14.0 Å². The van der Waals surface area contributed by atoms with Gasteiger partial charge in [0.2, 0.25) is 5.91 Å². The van der Waals surface area contributed by atoms with Crippen LogP contribution in [0.15, 0.2) is 34.9 Å². The van der Waals surface area contributed by atoms with Crippen molar-refractivity contribution >= 4 is 5.91 Å². The topological polar surface area (TPSA) is 93.8 Å². The number of carbonyl (C=O) groups excluding carboxylic acids is 1. The highest BCUT2D eigenvalue weighted by Gasteiger charge is 2.32. The van der Waals surface area contributed by atoms with Crippen molar-refractivity contribution in [2.24, 2.45) is 5.41 Å². The lowest BCUT2D eigenvalue weighted by Crippen LogP contribution is -2.48. The fraction of sp³-hybridized carbons (Fsp3) is 0.545. The molecule has 0 spiro atoms. The molecule has 1 aliphatic heterocycles. The molecule has 0 bridgehead atoms. The third-order valence-corrected chi connectivity index (χ3v) is 5.10. The highest BCUT2D eigenvalue weighted by atomic mass is 16.5. The van der Waals surface area contributed by atoms with Gasteiger partial charge in [-0.2, -0.15) is 0 Å². The van der Waals surface area contributed by atoms with Gasteiger partial charge in [-0.25, -0.2) is 0 Å². The van der Waals surface area contributed by atoms with Crippen LogP contribution in [0.4, 0.5) is 0 Å². The Morgan fingerprint density at radius 3 is 2.66 bits per heavy atom. The molecule has 3 atom stereocenters. The van der Waals surface area contributed by atoms with E-state index in [1.807, 2.05) is 51.1 Å². The van der Waals surface area contributed by atoms with Gasteiger partial charge in [0, 0.05) is 30.0 Å². The first kappa shape index (κ1) is 21.3. The van der Waals surface area contributed by atoms with Crippen molar-refractivity contribution in [3.63, 3.8) is 0 Å². The fourth-order valence-corrected chi connectivity index (χ4v) is 3.27. The highest BCUT2D eigenvalue weighted by molar-refractivity contribution is 5.81. The van der Waals surface area contributed by atoms with Crippen LogP contribution in [0.25, 0.3) is 11.3 Å². The van der Waals surface area contributed by atoms with E-state index in [0.29, 0.717) is 25.1 Å². The van der Waals surface area contributed by atoms with E-state index in [1.54, 1.807) is 7.11 Å². The Balaban J connectivity index is 1.57. The first-order valence-corrected chi connectivity index (χ1v) is 9.98. The number of rotatable bonds is 6. The second-order valence-electron chi connectivity index (χ2n) is 8.52. The van der Waals surface area contributed by atoms with Crippen molar-refractivity contribution in [3.05, 3.63) is 36.0 Å². The Morgan fingerprint density at radius 1 is 1.28 bits per heavy atom. The Morgan fingerprint density at radius 2 is 2.00 bits per heavy atom. The second-order valence-corrected chi connectivity index (χ2v) is 8.52. The molecule has 1 aliphatic rings. The summed E-state index contributed by atoms with van der Waals surface area (Å²) < 4.78 is 16.7. The smallest absolute Gasteiger partial charge is 0.225 e. The van der Waals surface area contributed by atoms with Crippen LogP contribution in [0.2, 0.25) is 0 Å². The quantitative estimate of drug-likeness (QED) is 0.772. The van der Waals surface area contributed by atoms with Gasteiger partial charge in [0.05, 0.1) is 25.0 Å². The van der Waals surface area contributed by atoms with Gasteiger partial charge >= 0.3 is 0 Å². The predicted octanol–water partition coefficient (Wildman–Crippen LogP) is 2.96. The van der Waals surface area contributed by atoms with Gasteiger partial charge in [-0.3, -0.25) is 4.79 Å². The standard InChI is InChI=1S/C22H30N2O5/c1-22(2,3)21(26)23-13-20-18(25)10-9-17(28-20)11-15-12-19(29-24-15)14-5-7-16(27-4)8-6-14/h5-8,12,17-18,20,25H,9-11,13H2,1-4H3,(H,23,26)/t17-,18-,20+/m0/s1. The zero-order valence-corrected chi connectivity index (χ0v) is 17.5. The molecule has 0 aliphatic carbocycles. The summed E-state index contributed by atoms with van der Waals surface area (Å²) in [6.45, 7) is 5.86. The summed E-state index contributed by atoms with van der Waals surface area (Å²) in [6.07, 6.45) is 0.866. The summed E-state index contributed by atoms with van der Waals surface area (Å²) in [4.78, 5) is 12.1. The number of nitrogens with one attached hydrogen (secondary N) is 1. The molecule has 7 heteroatoms. The number of aliphatic hydroxyl groups excluding tert-OH is 1. The zero-order chi connectivity index (χ0) is 21.0. The summed E-state index contributed by atoms with van der Waals surface area (Å²) in [6, 6.07) is 9.50. The number of ether oxygens (including phenoxy) is 2. The van der Waals surface area contributed by atoms with E-state index in [9.17, 15) is 9.90 Å². The molecule has 2 N–H and O–H groups in total. The summed E-state index contributed by atoms with van der Waals surface area (Å²) in [5.41, 5.74) is 1.25. The number of amides is 1. The van der Waals surface area contributed by atoms with E-state index in [2.05, 4.69) is 10.5 Å². The predicted molar refractivity (Wildman–Crippen MR) is 109 cm³/mol. The third kappa shape index (κ3) is 5.58. The van der Waals surface area contributed by atoms with E-state index in [1.165, 1.54) is 0 Å². The average molecular weight is 402 g/mol. The van der Waals surface area contributed by atoms with Crippen LogP contribution in [0, 0.1) is 5.41 Å². The summed E-state index contributed by atoms with van der Waals surface area (Å²) in [5, 5.41) is 17.3. The van der Waals surface area contributed by atoms with E-state index < -0.39 is 17.6 Å². The van der Waals surface area contributed by atoms with E-state index in [-0.39, 0.29) is 12.0 Å². The SMILES string of the molecule is COc1ccc(-c2cc(C[C@@H]3CC[C@H](O)[C@@H](CNC(=O)C(C)(C)C)O3)no2)cc1. The number of hydrogen-bond donors (Lipinski definition) is 2. The fourth-order valence-electron chi connectivity index (χ4n) is 3.27. The van der Waals surface area contributed by atoms with Gasteiger partial charge in [-0.1, -0.05) is 25.9 Å². The zero-order valence-electron chi connectivity index (χ0n) is 17.5. The molecule has 1 aromatic carbocycles. The third-order valence-electron chi connectivity index (χ3n) is 5.10. The van der Waals surface area contributed by atoms with Crippen LogP contribution >= 0.6 is 0 Å². The van der Waals surface area contributed by atoms with Crippen LogP contribution in [0.3, 0.4) is 0 Å². The molecule has 29 heavy (non-hydrogen) atoms. The van der Waals surface area contributed by atoms with Gasteiger partial charge in [0.15, 0.2) is 5.76 Å². The molecule has 0 saturated carbocycles. The van der Waals surface area contributed by atoms with Crippen LogP contribution in [-0.2, 0) is 16.0 Å². The van der Waals surface area contributed by atoms with Crippen molar-refractivity contribution < 1.29 is 23.9 Å². The van der Waals surface area contributed by atoms with Crippen LogP contribution < -0.4 is 10.1 Å². The average Bonchev–Trinajstić information content (AvgIpc) is 3.16. The molecule has 0 radical (unpaired) electrons. The summed E-state index contributed by atoms with van der Waals surface area (Å²) in [7, 11) is 1.63. The number of methoxy groups -OCH3 is 1. The van der Waals surface area contributed by atoms with Crippen molar-refractivity contribution in [1.82, 2.24) is 10.5 Å². The Bertz CT molecular complexity index is 809. The van der Waals surface area contributed by atoms with Crippen LogP contribution in [-0.4, -0.2) is 48.1 Å². The Kier molecular flexibility index (Phi) is 6.59. The van der Waals surface area contributed by atoms with Crippen molar-refractivity contribution in [2.75, 3.05) is 13.7 Å². The van der Waals surface area contributed by atoms with Gasteiger partial charge in [0.25, 0.3) is 0 Å². The molecule has 1 fully saturated rings. The first-order chi connectivity index (χ1) is 13.8. The molecule has 2 heterocycles. The maximum absolute atomic E-state index is 12.1. The van der Waals surface area contributed by atoms with Gasteiger partial charge in [-0.15, -0.1) is 0 Å². The first-order valence-electron chi connectivity index (χ1n) is 9.98. The number of carbonyl (C=O) groups is 1. The lowest BCUT2D eigenvalue weighted by molar-refractivity contribution is -0.134. The number of benzene rings is 1. The molecular formula is C22H30N2O5. The maximum Gasteiger partial charge on any atom is 0.225 e. The largest absolute Gasteiger partial charge is 0.497 e. The molecule has 1 amide bonds. The highest BCUT2D eigenvalue weighted by Crippen LogP contribution is 2.26. The second kappa shape index (κ2) is 8.97. The number of hydrogen-bond acceptors (Lipinski definition) is 6. The van der Waals surface area contributed by atoms with Crippen molar-refractivity contribution in [3.8, 4) is 17.1 Å². The molecule has 1 saturated heterocycles. The van der Waals surface area contributed by atoms with Gasteiger partial charge < -0.3 is 24.4 Å². The monoisotopic (exact) mass is 402 g/mol. The molecule has 7 nitrogen and oxygen atoms in total. The van der Waals surface area contributed by atoms with Crippen molar-refractivity contribution in [1.29, 1.82) is 0 Å². The maximum atomic E-state index is 12.1. The molecular weight excluding hydrogens is 372 g/mol. The molecule has 2 aromatic rings. The molecule has 1 aromatic heterocycles. The number of aromatic nitrogens is 1. The Labute approximate surface area is 171 Å². The Hall–Kier alpha value is -2.38. The van der Waals surface area contributed by atoms with Crippen molar-refractivity contribution in [2.45, 2.75) is 58.3 Å². The minimum atomic E-state index is -0.585. The molecule has 158 valence electrons. The minimum absolute atomic E-state index is 0.0592. The number of aliphatic hydroxyl groups is 1.